The van der Waals surface area contributed by atoms with Gasteiger partial charge in [0.15, 0.2) is 5.16 Å². The Hall–Kier alpha value is -2.72. The van der Waals surface area contributed by atoms with Gasteiger partial charge in [-0.3, -0.25) is 13.8 Å². The van der Waals surface area contributed by atoms with Crippen LogP contribution in [0.5, 0.6) is 0 Å². The summed E-state index contributed by atoms with van der Waals surface area (Å²) in [6.45, 7) is 7.73. The van der Waals surface area contributed by atoms with Crippen molar-refractivity contribution in [3.63, 3.8) is 0 Å². The number of ether oxygens (including phenoxy) is 1. The molecule has 1 aromatic carbocycles. The summed E-state index contributed by atoms with van der Waals surface area (Å²) in [5.41, 5.74) is 0.705. The second-order valence-electron chi connectivity index (χ2n) is 7.12. The third-order valence-electron chi connectivity index (χ3n) is 4.65. The zero-order valence-corrected chi connectivity index (χ0v) is 18.1. The Kier molecular flexibility index (Phi) is 6.14. The van der Waals surface area contributed by atoms with Gasteiger partial charge in [0.25, 0.3) is 5.56 Å². The average Bonchev–Trinajstić information content (AvgIpc) is 3.39. The number of nitrogens with zero attached hydrogens (tertiary/aromatic N) is 6. The predicted molar refractivity (Wildman–Crippen MR) is 114 cm³/mol. The molecule has 0 aliphatic heterocycles. The lowest BCUT2D eigenvalue weighted by molar-refractivity contribution is 0.141. The number of hydrogen-bond acceptors (Lipinski definition) is 8. The molecule has 0 aliphatic carbocycles. The lowest BCUT2D eigenvalue weighted by Gasteiger charge is -2.11. The normalized spacial score (nSPS) is 11.9. The van der Waals surface area contributed by atoms with Gasteiger partial charge in [-0.05, 0) is 25.5 Å². The molecule has 3 heterocycles. The molecule has 0 unspecified atom stereocenters. The van der Waals surface area contributed by atoms with E-state index in [9.17, 15) is 4.79 Å². The van der Waals surface area contributed by atoms with Crippen molar-refractivity contribution in [1.82, 2.24) is 29.4 Å². The second kappa shape index (κ2) is 8.97. The standard InChI is InChI=1S/C20H24N6O3S/c1-4-28-11-7-10-25-18(27)14-8-5-6-9-15(14)26-19(25)23-24-20(26)30-12-16-21-22-17(29-16)13(2)3/h5-6,8-9,13H,4,7,10-12H2,1-3H3. The molecule has 0 bridgehead atoms. The summed E-state index contributed by atoms with van der Waals surface area (Å²) in [5, 5.41) is 18.1. The van der Waals surface area contributed by atoms with Crippen molar-refractivity contribution < 1.29 is 9.15 Å². The van der Waals surface area contributed by atoms with Gasteiger partial charge in [-0.15, -0.1) is 20.4 Å². The SMILES string of the molecule is CCOCCCn1c(=O)c2ccccc2n2c(SCc3nnc(C(C)C)o3)nnc12. The van der Waals surface area contributed by atoms with Crippen molar-refractivity contribution in [3.8, 4) is 0 Å². The summed E-state index contributed by atoms with van der Waals surface area (Å²) >= 11 is 1.45. The maximum atomic E-state index is 13.1. The van der Waals surface area contributed by atoms with Crippen molar-refractivity contribution in [3.05, 3.63) is 46.4 Å². The highest BCUT2D eigenvalue weighted by atomic mass is 32.2. The number of rotatable bonds is 9. The fourth-order valence-electron chi connectivity index (χ4n) is 3.18. The van der Waals surface area contributed by atoms with Gasteiger partial charge in [-0.25, -0.2) is 0 Å². The number of aromatic nitrogens is 6. The molecular weight excluding hydrogens is 404 g/mol. The first kappa shape index (κ1) is 20.5. The van der Waals surface area contributed by atoms with E-state index in [4.69, 9.17) is 9.15 Å². The van der Waals surface area contributed by atoms with E-state index in [0.717, 1.165) is 11.9 Å². The molecule has 0 saturated carbocycles. The molecule has 0 N–H and O–H groups in total. The van der Waals surface area contributed by atoms with Gasteiger partial charge in [0.2, 0.25) is 17.6 Å². The number of thioether (sulfide) groups is 1. The first-order valence-electron chi connectivity index (χ1n) is 9.99. The molecule has 0 fully saturated rings. The maximum Gasteiger partial charge on any atom is 0.262 e. The van der Waals surface area contributed by atoms with Crippen molar-refractivity contribution in [2.45, 2.75) is 50.6 Å². The van der Waals surface area contributed by atoms with E-state index in [2.05, 4.69) is 20.4 Å². The molecule has 158 valence electrons. The minimum Gasteiger partial charge on any atom is -0.424 e. The van der Waals surface area contributed by atoms with Crippen molar-refractivity contribution >= 4 is 28.4 Å². The van der Waals surface area contributed by atoms with Crippen LogP contribution in [0.3, 0.4) is 0 Å². The molecule has 9 nitrogen and oxygen atoms in total. The van der Waals surface area contributed by atoms with Crippen LogP contribution >= 0.6 is 11.8 Å². The molecule has 0 atom stereocenters. The summed E-state index contributed by atoms with van der Waals surface area (Å²) in [4.78, 5) is 13.1. The number of para-hydroxylation sites is 1. The molecule has 0 radical (unpaired) electrons. The summed E-state index contributed by atoms with van der Waals surface area (Å²) in [6, 6.07) is 7.51. The second-order valence-corrected chi connectivity index (χ2v) is 8.06. The van der Waals surface area contributed by atoms with E-state index in [1.165, 1.54) is 11.8 Å². The fourth-order valence-corrected chi connectivity index (χ4v) is 3.96. The number of hydrogen-bond donors (Lipinski definition) is 0. The molecule has 10 heteroatoms. The lowest BCUT2D eigenvalue weighted by atomic mass is 10.2. The third kappa shape index (κ3) is 3.97. The number of benzene rings is 1. The van der Waals surface area contributed by atoms with Crippen LogP contribution in [0.1, 0.15) is 44.9 Å². The summed E-state index contributed by atoms with van der Waals surface area (Å²) in [6.07, 6.45) is 0.719. The number of fused-ring (bicyclic) bond motifs is 3. The Labute approximate surface area is 177 Å². The van der Waals surface area contributed by atoms with Crippen LogP contribution in [-0.4, -0.2) is 42.6 Å². The molecule has 3 aromatic heterocycles. The van der Waals surface area contributed by atoms with Crippen LogP contribution in [0.25, 0.3) is 16.7 Å². The number of aryl methyl sites for hydroxylation is 1. The molecule has 0 aliphatic rings. The topological polar surface area (TPSA) is 100 Å². The highest BCUT2D eigenvalue weighted by Crippen LogP contribution is 2.25. The van der Waals surface area contributed by atoms with Gasteiger partial charge in [0, 0.05) is 25.7 Å². The Morgan fingerprint density at radius 2 is 2.00 bits per heavy atom. The summed E-state index contributed by atoms with van der Waals surface area (Å²) in [5.74, 6) is 2.32. The highest BCUT2D eigenvalue weighted by molar-refractivity contribution is 7.98. The summed E-state index contributed by atoms with van der Waals surface area (Å²) < 4.78 is 14.7. The minimum atomic E-state index is -0.0722. The Bertz CT molecular complexity index is 1210. The van der Waals surface area contributed by atoms with Crippen LogP contribution in [0.2, 0.25) is 0 Å². The predicted octanol–water partition coefficient (Wildman–Crippen LogP) is 3.27. The maximum absolute atomic E-state index is 13.1. The van der Waals surface area contributed by atoms with Crippen LogP contribution in [0, 0.1) is 0 Å². The van der Waals surface area contributed by atoms with Gasteiger partial charge in [0.1, 0.15) is 0 Å². The van der Waals surface area contributed by atoms with E-state index < -0.39 is 0 Å². The van der Waals surface area contributed by atoms with E-state index in [1.54, 1.807) is 4.57 Å². The van der Waals surface area contributed by atoms with E-state index >= 15 is 0 Å². The van der Waals surface area contributed by atoms with E-state index in [1.807, 2.05) is 49.4 Å². The van der Waals surface area contributed by atoms with Crippen LogP contribution in [0.15, 0.2) is 38.6 Å². The molecule has 0 spiro atoms. The van der Waals surface area contributed by atoms with Gasteiger partial charge < -0.3 is 9.15 Å². The molecule has 0 amide bonds. The zero-order valence-electron chi connectivity index (χ0n) is 17.2. The Balaban J connectivity index is 1.70. The van der Waals surface area contributed by atoms with Gasteiger partial charge >= 0.3 is 0 Å². The van der Waals surface area contributed by atoms with Gasteiger partial charge in [-0.1, -0.05) is 37.7 Å². The average molecular weight is 429 g/mol. The smallest absolute Gasteiger partial charge is 0.262 e. The van der Waals surface area contributed by atoms with Crippen LogP contribution < -0.4 is 5.56 Å². The first-order chi connectivity index (χ1) is 14.6. The quantitative estimate of drug-likeness (QED) is 0.296. The van der Waals surface area contributed by atoms with Crippen molar-refractivity contribution in [1.29, 1.82) is 0 Å². The monoisotopic (exact) mass is 428 g/mol. The fraction of sp³-hybridized carbons (Fsp3) is 0.450. The largest absolute Gasteiger partial charge is 0.424 e. The Morgan fingerprint density at radius 1 is 1.17 bits per heavy atom. The van der Waals surface area contributed by atoms with E-state index in [-0.39, 0.29) is 11.5 Å². The van der Waals surface area contributed by atoms with Gasteiger partial charge in [-0.2, -0.15) is 0 Å². The molecule has 4 aromatic rings. The minimum absolute atomic E-state index is 0.0722. The third-order valence-corrected chi connectivity index (χ3v) is 5.57. The molecule has 4 rings (SSSR count). The zero-order chi connectivity index (χ0) is 21.1. The first-order valence-corrected chi connectivity index (χ1v) is 11.0. The molecule has 30 heavy (non-hydrogen) atoms. The van der Waals surface area contributed by atoms with E-state index in [0.29, 0.717) is 53.6 Å². The summed E-state index contributed by atoms with van der Waals surface area (Å²) in [7, 11) is 0. The van der Waals surface area contributed by atoms with Gasteiger partial charge in [0.05, 0.1) is 16.7 Å². The molecule has 0 saturated heterocycles. The van der Waals surface area contributed by atoms with Crippen molar-refractivity contribution in [2.24, 2.45) is 0 Å². The van der Waals surface area contributed by atoms with Crippen molar-refractivity contribution in [2.75, 3.05) is 13.2 Å². The van der Waals surface area contributed by atoms with Crippen LogP contribution in [-0.2, 0) is 17.0 Å². The Morgan fingerprint density at radius 3 is 2.77 bits per heavy atom. The van der Waals surface area contributed by atoms with Crippen LogP contribution in [0.4, 0.5) is 0 Å². The highest BCUT2D eigenvalue weighted by Gasteiger charge is 2.18. The lowest BCUT2D eigenvalue weighted by Crippen LogP contribution is -2.24. The molecular formula is C20H24N6O3S.